The van der Waals surface area contributed by atoms with Crippen molar-refractivity contribution >= 4 is 0 Å². The molecule has 2 atom stereocenters. The molecule has 0 N–H and O–H groups in total. The van der Waals surface area contributed by atoms with E-state index < -0.39 is 0 Å². The summed E-state index contributed by atoms with van der Waals surface area (Å²) in [6.07, 6.45) is 5.91. The van der Waals surface area contributed by atoms with E-state index in [1.165, 1.54) is 25.7 Å². The van der Waals surface area contributed by atoms with Gasteiger partial charge in [-0.05, 0) is 18.8 Å². The summed E-state index contributed by atoms with van der Waals surface area (Å²) in [6.45, 7) is 2.25. The second-order valence-electron chi connectivity index (χ2n) is 2.87. The highest BCUT2D eigenvalue weighted by Crippen LogP contribution is 2.29. The van der Waals surface area contributed by atoms with E-state index in [9.17, 15) is 0 Å². The molecule has 0 radical (unpaired) electrons. The van der Waals surface area contributed by atoms with Crippen molar-refractivity contribution in [3.8, 4) is 0 Å². The predicted octanol–water partition coefficient (Wildman–Crippen LogP) is 2.21. The molecular formula is C8H16O. The van der Waals surface area contributed by atoms with Crippen molar-refractivity contribution in [3.05, 3.63) is 0 Å². The number of methoxy groups -OCH3 is 1. The monoisotopic (exact) mass is 128 g/mol. The van der Waals surface area contributed by atoms with Gasteiger partial charge in [0.15, 0.2) is 0 Å². The van der Waals surface area contributed by atoms with Gasteiger partial charge in [0.05, 0.1) is 6.10 Å². The van der Waals surface area contributed by atoms with Gasteiger partial charge in [0.2, 0.25) is 0 Å². The van der Waals surface area contributed by atoms with Crippen LogP contribution in [0.3, 0.4) is 0 Å². The summed E-state index contributed by atoms with van der Waals surface area (Å²) in [5.41, 5.74) is 0. The first kappa shape index (κ1) is 7.07. The Morgan fingerprint density at radius 2 is 2.22 bits per heavy atom. The SMILES string of the molecule is CC[C@H]1CCC[C@H]1OC. The second kappa shape index (κ2) is 3.21. The fourth-order valence-corrected chi connectivity index (χ4v) is 1.78. The molecule has 0 aromatic rings. The van der Waals surface area contributed by atoms with E-state index >= 15 is 0 Å². The first-order valence-corrected chi connectivity index (χ1v) is 3.91. The Labute approximate surface area is 57.4 Å². The van der Waals surface area contributed by atoms with Crippen LogP contribution in [0.5, 0.6) is 0 Å². The summed E-state index contributed by atoms with van der Waals surface area (Å²) in [5.74, 6) is 0.856. The molecule has 0 aromatic heterocycles. The minimum Gasteiger partial charge on any atom is -0.381 e. The third kappa shape index (κ3) is 1.45. The zero-order valence-corrected chi connectivity index (χ0v) is 6.39. The van der Waals surface area contributed by atoms with Gasteiger partial charge in [0, 0.05) is 7.11 Å². The molecule has 0 spiro atoms. The van der Waals surface area contributed by atoms with E-state index in [2.05, 4.69) is 6.92 Å². The van der Waals surface area contributed by atoms with Gasteiger partial charge in [0.25, 0.3) is 0 Å². The van der Waals surface area contributed by atoms with Crippen molar-refractivity contribution in [1.82, 2.24) is 0 Å². The molecule has 54 valence electrons. The van der Waals surface area contributed by atoms with Crippen LogP contribution in [0.4, 0.5) is 0 Å². The minimum atomic E-state index is 0.579. The molecule has 9 heavy (non-hydrogen) atoms. The molecule has 1 fully saturated rings. The molecule has 0 bridgehead atoms. The van der Waals surface area contributed by atoms with Crippen LogP contribution in [0.25, 0.3) is 0 Å². The first-order chi connectivity index (χ1) is 4.38. The first-order valence-electron chi connectivity index (χ1n) is 3.91. The maximum Gasteiger partial charge on any atom is 0.0599 e. The van der Waals surface area contributed by atoms with E-state index in [4.69, 9.17) is 4.74 Å². The van der Waals surface area contributed by atoms with Gasteiger partial charge in [0.1, 0.15) is 0 Å². The van der Waals surface area contributed by atoms with Crippen LogP contribution < -0.4 is 0 Å². The van der Waals surface area contributed by atoms with Gasteiger partial charge < -0.3 is 4.74 Å². The lowest BCUT2D eigenvalue weighted by molar-refractivity contribution is 0.0699. The Hall–Kier alpha value is -0.0400. The van der Waals surface area contributed by atoms with E-state index in [1.807, 2.05) is 7.11 Å². The molecule has 0 unspecified atom stereocenters. The molecule has 0 aliphatic heterocycles. The van der Waals surface area contributed by atoms with E-state index in [0.29, 0.717) is 6.10 Å². The second-order valence-corrected chi connectivity index (χ2v) is 2.87. The largest absolute Gasteiger partial charge is 0.381 e. The van der Waals surface area contributed by atoms with Crippen molar-refractivity contribution in [2.24, 2.45) is 5.92 Å². The van der Waals surface area contributed by atoms with Gasteiger partial charge >= 0.3 is 0 Å². The molecule has 1 nitrogen and oxygen atoms in total. The molecule has 0 saturated heterocycles. The number of ether oxygens (including phenoxy) is 1. The molecule has 1 heteroatoms. The third-order valence-electron chi connectivity index (χ3n) is 2.42. The van der Waals surface area contributed by atoms with Gasteiger partial charge in [-0.3, -0.25) is 0 Å². The minimum absolute atomic E-state index is 0.579. The quantitative estimate of drug-likeness (QED) is 0.554. The van der Waals surface area contributed by atoms with Crippen molar-refractivity contribution < 1.29 is 4.74 Å². The zero-order chi connectivity index (χ0) is 6.69. The molecule has 1 saturated carbocycles. The molecule has 1 aliphatic rings. The van der Waals surface area contributed by atoms with E-state index in [1.54, 1.807) is 0 Å². The van der Waals surface area contributed by atoms with Crippen molar-refractivity contribution in [3.63, 3.8) is 0 Å². The summed E-state index contributed by atoms with van der Waals surface area (Å²) in [4.78, 5) is 0. The fraction of sp³-hybridized carbons (Fsp3) is 1.00. The van der Waals surface area contributed by atoms with Crippen LogP contribution in [0.1, 0.15) is 32.6 Å². The lowest BCUT2D eigenvalue weighted by Gasteiger charge is -2.14. The Bertz CT molecular complexity index is 70.6. The van der Waals surface area contributed by atoms with Crippen molar-refractivity contribution in [2.75, 3.05) is 7.11 Å². The average molecular weight is 128 g/mol. The summed E-state index contributed by atoms with van der Waals surface area (Å²) in [7, 11) is 1.83. The maximum absolute atomic E-state index is 5.31. The lowest BCUT2D eigenvalue weighted by atomic mass is 10.0. The van der Waals surface area contributed by atoms with Crippen molar-refractivity contribution in [1.29, 1.82) is 0 Å². The van der Waals surface area contributed by atoms with Gasteiger partial charge in [-0.25, -0.2) is 0 Å². The van der Waals surface area contributed by atoms with Gasteiger partial charge in [-0.15, -0.1) is 0 Å². The third-order valence-corrected chi connectivity index (χ3v) is 2.42. The van der Waals surface area contributed by atoms with Gasteiger partial charge in [-0.2, -0.15) is 0 Å². The summed E-state index contributed by atoms with van der Waals surface area (Å²) >= 11 is 0. The lowest BCUT2D eigenvalue weighted by Crippen LogP contribution is -2.14. The standard InChI is InChI=1S/C8H16O/c1-3-7-5-4-6-8(7)9-2/h7-8H,3-6H2,1-2H3/t7-,8+/m0/s1. The molecule has 0 heterocycles. The summed E-state index contributed by atoms with van der Waals surface area (Å²) in [6, 6.07) is 0. The van der Waals surface area contributed by atoms with Crippen LogP contribution in [0, 0.1) is 5.92 Å². The Morgan fingerprint density at radius 1 is 1.44 bits per heavy atom. The maximum atomic E-state index is 5.31. The Balaban J connectivity index is 2.32. The van der Waals surface area contributed by atoms with E-state index in [0.717, 1.165) is 5.92 Å². The number of hydrogen-bond acceptors (Lipinski definition) is 1. The summed E-state index contributed by atoms with van der Waals surface area (Å²) in [5, 5.41) is 0. The highest BCUT2D eigenvalue weighted by atomic mass is 16.5. The van der Waals surface area contributed by atoms with Crippen LogP contribution in [-0.4, -0.2) is 13.2 Å². The van der Waals surface area contributed by atoms with E-state index in [-0.39, 0.29) is 0 Å². The Morgan fingerprint density at radius 3 is 2.67 bits per heavy atom. The average Bonchev–Trinajstić information content (AvgIpc) is 2.33. The van der Waals surface area contributed by atoms with Gasteiger partial charge in [-0.1, -0.05) is 19.8 Å². The zero-order valence-electron chi connectivity index (χ0n) is 6.39. The molecular weight excluding hydrogens is 112 g/mol. The molecule has 1 rings (SSSR count). The molecule has 0 aromatic carbocycles. The molecule has 0 amide bonds. The smallest absolute Gasteiger partial charge is 0.0599 e. The normalized spacial score (nSPS) is 35.3. The van der Waals surface area contributed by atoms with Crippen LogP contribution in [-0.2, 0) is 4.74 Å². The van der Waals surface area contributed by atoms with Crippen LogP contribution in [0.15, 0.2) is 0 Å². The van der Waals surface area contributed by atoms with Crippen LogP contribution in [0.2, 0.25) is 0 Å². The summed E-state index contributed by atoms with van der Waals surface area (Å²) < 4.78 is 5.31. The molecule has 1 aliphatic carbocycles. The highest BCUT2D eigenvalue weighted by molar-refractivity contribution is 4.76. The number of hydrogen-bond donors (Lipinski definition) is 0. The topological polar surface area (TPSA) is 9.23 Å². The Kier molecular flexibility index (Phi) is 2.52. The fourth-order valence-electron chi connectivity index (χ4n) is 1.78. The predicted molar refractivity (Wildman–Crippen MR) is 38.4 cm³/mol. The van der Waals surface area contributed by atoms with Crippen molar-refractivity contribution in [2.45, 2.75) is 38.7 Å². The highest BCUT2D eigenvalue weighted by Gasteiger charge is 2.24. The number of rotatable bonds is 2. The van der Waals surface area contributed by atoms with Crippen LogP contribution >= 0.6 is 0 Å².